The molecule has 2 N–H and O–H groups in total. The van der Waals surface area contributed by atoms with Crippen LogP contribution in [0.2, 0.25) is 0 Å². The molecule has 2 atom stereocenters. The Hall–Kier alpha value is -1.35. The van der Waals surface area contributed by atoms with Crippen LogP contribution in [0.3, 0.4) is 0 Å². The predicted octanol–water partition coefficient (Wildman–Crippen LogP) is 2.30. The van der Waals surface area contributed by atoms with E-state index in [2.05, 4.69) is 29.6 Å². The Bertz CT molecular complexity index is 422. The molecule has 1 saturated carbocycles. The van der Waals surface area contributed by atoms with E-state index < -0.39 is 5.97 Å². The minimum Gasteiger partial charge on any atom is -0.481 e. The van der Waals surface area contributed by atoms with Gasteiger partial charge in [0, 0.05) is 12.6 Å². The van der Waals surface area contributed by atoms with Crippen LogP contribution in [0.15, 0.2) is 24.3 Å². The van der Waals surface area contributed by atoms with Crippen molar-refractivity contribution in [3.05, 3.63) is 35.4 Å². The first-order valence-electron chi connectivity index (χ1n) is 6.30. The highest BCUT2D eigenvalue weighted by Gasteiger charge is 2.30. The molecule has 0 aromatic heterocycles. The van der Waals surface area contributed by atoms with Gasteiger partial charge in [-0.2, -0.15) is 0 Å². The minimum absolute atomic E-state index is 0.212. The smallest absolute Gasteiger partial charge is 0.307 e. The normalized spacial score (nSPS) is 28.2. The summed E-state index contributed by atoms with van der Waals surface area (Å²) in [5.74, 6) is -0.134. The second-order valence-electron chi connectivity index (χ2n) is 5.17. The van der Waals surface area contributed by atoms with Gasteiger partial charge in [0.05, 0.1) is 5.92 Å². The lowest BCUT2D eigenvalue weighted by molar-refractivity contribution is -0.141. The Morgan fingerprint density at radius 2 is 1.82 bits per heavy atom. The Balaban J connectivity index is 1.70. The van der Waals surface area contributed by atoms with Crippen LogP contribution in [-0.4, -0.2) is 17.6 Å². The van der Waals surface area contributed by atoms with Crippen LogP contribution in [0.4, 0.5) is 0 Å². The molecule has 1 aromatic rings. The fraction of sp³-hybridized carbons (Fsp3) is 0.500. The van der Waals surface area contributed by atoms with E-state index in [9.17, 15) is 4.79 Å². The second-order valence-corrected chi connectivity index (χ2v) is 5.17. The fourth-order valence-corrected chi connectivity index (χ4v) is 2.59. The zero-order valence-electron chi connectivity index (χ0n) is 9.73. The first-order valence-corrected chi connectivity index (χ1v) is 6.30. The van der Waals surface area contributed by atoms with Crippen LogP contribution in [0.5, 0.6) is 0 Å². The molecule has 2 unspecified atom stereocenters. The van der Waals surface area contributed by atoms with Gasteiger partial charge >= 0.3 is 5.97 Å². The maximum atomic E-state index is 10.9. The molecule has 17 heavy (non-hydrogen) atoms. The van der Waals surface area contributed by atoms with Gasteiger partial charge in [0.25, 0.3) is 0 Å². The van der Waals surface area contributed by atoms with Gasteiger partial charge in [0.1, 0.15) is 0 Å². The summed E-state index contributed by atoms with van der Waals surface area (Å²) in [4.78, 5) is 10.9. The van der Waals surface area contributed by atoms with Crippen molar-refractivity contribution >= 4 is 5.97 Å². The van der Waals surface area contributed by atoms with Crippen molar-refractivity contribution in [2.45, 2.75) is 31.2 Å². The van der Waals surface area contributed by atoms with Gasteiger partial charge in [-0.1, -0.05) is 24.3 Å². The van der Waals surface area contributed by atoms with Gasteiger partial charge in [-0.25, -0.2) is 0 Å². The molecule has 3 nitrogen and oxygen atoms in total. The van der Waals surface area contributed by atoms with Crippen LogP contribution in [0.1, 0.15) is 42.3 Å². The molecular formula is C14H17NO2. The average Bonchev–Trinajstić information content (AvgIpc) is 3.06. The van der Waals surface area contributed by atoms with Gasteiger partial charge < -0.3 is 10.4 Å². The number of aliphatic carboxylic acids is 1. The van der Waals surface area contributed by atoms with Crippen molar-refractivity contribution in [2.24, 2.45) is 5.92 Å². The molecule has 1 aliphatic heterocycles. The Morgan fingerprint density at radius 1 is 1.18 bits per heavy atom. The number of nitrogens with one attached hydrogen (secondary N) is 1. The topological polar surface area (TPSA) is 49.3 Å². The van der Waals surface area contributed by atoms with Crippen molar-refractivity contribution < 1.29 is 9.90 Å². The summed E-state index contributed by atoms with van der Waals surface area (Å²) in [6.07, 6.45) is 3.35. The summed E-state index contributed by atoms with van der Waals surface area (Å²) >= 11 is 0. The molecule has 1 aromatic carbocycles. The number of carbonyl (C=O) groups is 1. The summed E-state index contributed by atoms with van der Waals surface area (Å²) < 4.78 is 0. The van der Waals surface area contributed by atoms with Gasteiger partial charge in [-0.15, -0.1) is 0 Å². The summed E-state index contributed by atoms with van der Waals surface area (Å²) in [6.45, 7) is 0.588. The van der Waals surface area contributed by atoms with E-state index in [1.54, 1.807) is 0 Å². The number of hydrogen-bond donors (Lipinski definition) is 2. The Kier molecular flexibility index (Phi) is 2.63. The molecule has 1 heterocycles. The van der Waals surface area contributed by atoms with Crippen molar-refractivity contribution in [1.82, 2.24) is 5.32 Å². The van der Waals surface area contributed by atoms with Gasteiger partial charge in [-0.05, 0) is 36.3 Å². The SMILES string of the molecule is O=C(O)C1CNC(c2ccc(C3CC3)cc2)C1. The zero-order valence-corrected chi connectivity index (χ0v) is 9.73. The predicted molar refractivity (Wildman–Crippen MR) is 64.9 cm³/mol. The highest BCUT2D eigenvalue weighted by Crippen LogP contribution is 2.40. The molecule has 2 aliphatic rings. The number of carboxylic acid groups (broad SMARTS) is 1. The first-order chi connectivity index (χ1) is 8.24. The van der Waals surface area contributed by atoms with E-state index in [4.69, 9.17) is 5.11 Å². The lowest BCUT2D eigenvalue weighted by Gasteiger charge is -2.11. The molecular weight excluding hydrogens is 214 g/mol. The molecule has 3 rings (SSSR count). The number of benzene rings is 1. The summed E-state index contributed by atoms with van der Waals surface area (Å²) in [6, 6.07) is 8.90. The van der Waals surface area contributed by atoms with E-state index >= 15 is 0 Å². The van der Waals surface area contributed by atoms with Gasteiger partial charge in [0.15, 0.2) is 0 Å². The largest absolute Gasteiger partial charge is 0.481 e. The molecule has 1 aliphatic carbocycles. The third-order valence-electron chi connectivity index (χ3n) is 3.87. The summed E-state index contributed by atoms with van der Waals surface area (Å²) in [5, 5.41) is 12.3. The van der Waals surface area contributed by atoms with Crippen molar-refractivity contribution in [1.29, 1.82) is 0 Å². The zero-order chi connectivity index (χ0) is 11.8. The number of carboxylic acids is 1. The molecule has 90 valence electrons. The van der Waals surface area contributed by atoms with Crippen molar-refractivity contribution in [3.63, 3.8) is 0 Å². The quantitative estimate of drug-likeness (QED) is 0.839. The Morgan fingerprint density at radius 3 is 2.35 bits per heavy atom. The van der Waals surface area contributed by atoms with E-state index in [1.165, 1.54) is 24.0 Å². The van der Waals surface area contributed by atoms with Crippen LogP contribution < -0.4 is 5.32 Å². The lowest BCUT2D eigenvalue weighted by Crippen LogP contribution is -2.17. The van der Waals surface area contributed by atoms with Gasteiger partial charge in [0.2, 0.25) is 0 Å². The second kappa shape index (κ2) is 4.15. The third-order valence-corrected chi connectivity index (χ3v) is 3.87. The number of rotatable bonds is 3. The lowest BCUT2D eigenvalue weighted by atomic mass is 9.98. The maximum absolute atomic E-state index is 10.9. The highest BCUT2D eigenvalue weighted by atomic mass is 16.4. The molecule has 3 heteroatoms. The summed E-state index contributed by atoms with van der Waals surface area (Å²) in [7, 11) is 0. The van der Waals surface area contributed by atoms with Crippen LogP contribution in [-0.2, 0) is 4.79 Å². The standard InChI is InChI=1S/C14H17NO2/c16-14(17)12-7-13(15-8-12)11-5-3-10(4-6-11)9-1-2-9/h3-6,9,12-13,15H,1-2,7-8H2,(H,16,17). The molecule has 0 spiro atoms. The fourth-order valence-electron chi connectivity index (χ4n) is 2.59. The average molecular weight is 231 g/mol. The van der Waals surface area contributed by atoms with Crippen molar-refractivity contribution in [3.8, 4) is 0 Å². The highest BCUT2D eigenvalue weighted by molar-refractivity contribution is 5.70. The maximum Gasteiger partial charge on any atom is 0.307 e. The van der Waals surface area contributed by atoms with Crippen LogP contribution in [0.25, 0.3) is 0 Å². The van der Waals surface area contributed by atoms with E-state index in [-0.39, 0.29) is 12.0 Å². The van der Waals surface area contributed by atoms with Crippen LogP contribution >= 0.6 is 0 Å². The van der Waals surface area contributed by atoms with Crippen LogP contribution in [0, 0.1) is 5.92 Å². The molecule has 2 fully saturated rings. The minimum atomic E-state index is -0.686. The van der Waals surface area contributed by atoms with E-state index in [1.807, 2.05) is 0 Å². The monoisotopic (exact) mass is 231 g/mol. The van der Waals surface area contributed by atoms with Gasteiger partial charge in [-0.3, -0.25) is 4.79 Å². The first kappa shape index (κ1) is 10.8. The summed E-state index contributed by atoms with van der Waals surface area (Å²) in [5.41, 5.74) is 2.65. The number of hydrogen-bond acceptors (Lipinski definition) is 2. The molecule has 0 bridgehead atoms. The Labute approximate surface area is 101 Å². The molecule has 0 amide bonds. The van der Waals surface area contributed by atoms with E-state index in [0.717, 1.165) is 5.92 Å². The van der Waals surface area contributed by atoms with E-state index in [0.29, 0.717) is 13.0 Å². The molecule has 1 saturated heterocycles. The third kappa shape index (κ3) is 2.20. The van der Waals surface area contributed by atoms with Crippen molar-refractivity contribution in [2.75, 3.05) is 6.54 Å². The molecule has 0 radical (unpaired) electrons.